The average Bonchev–Trinajstić information content (AvgIpc) is 2.23. The fourth-order valence-corrected chi connectivity index (χ4v) is 1.15. The summed E-state index contributed by atoms with van der Waals surface area (Å²) in [6.07, 6.45) is 10.2. The lowest BCUT2D eigenvalue weighted by atomic mass is 10.2. The van der Waals surface area contributed by atoms with Crippen LogP contribution in [0.1, 0.15) is 39.0 Å². The number of carbonyl (C=O) groups excluding carboxylic acids is 1. The molecule has 0 aliphatic rings. The van der Waals surface area contributed by atoms with Crippen molar-refractivity contribution in [1.29, 1.82) is 0 Å². The number of rotatable bonds is 9. The minimum atomic E-state index is 0.0837. The maximum atomic E-state index is 11.2. The smallest absolute Gasteiger partial charge is 0.233 e. The summed E-state index contributed by atoms with van der Waals surface area (Å²) in [5.41, 5.74) is 0. The lowest BCUT2D eigenvalue weighted by Gasteiger charge is -2.05. The van der Waals surface area contributed by atoms with Gasteiger partial charge in [0.25, 0.3) is 0 Å². The molecule has 0 bridgehead atoms. The molecule has 0 aromatic heterocycles. The molecule has 15 heavy (non-hydrogen) atoms. The van der Waals surface area contributed by atoms with E-state index in [9.17, 15) is 4.79 Å². The lowest BCUT2D eigenvalue weighted by molar-refractivity contribution is -0.120. The SMILES string of the molecule is C#CCCCCNCC(=O)NCCCC. The molecule has 0 heterocycles. The van der Waals surface area contributed by atoms with Crippen molar-refractivity contribution < 1.29 is 4.79 Å². The van der Waals surface area contributed by atoms with Crippen molar-refractivity contribution in [2.75, 3.05) is 19.6 Å². The van der Waals surface area contributed by atoms with E-state index in [1.54, 1.807) is 0 Å². The molecule has 86 valence electrons. The Morgan fingerprint density at radius 1 is 1.27 bits per heavy atom. The second kappa shape index (κ2) is 11.1. The van der Waals surface area contributed by atoms with Gasteiger partial charge in [-0.15, -0.1) is 12.3 Å². The number of nitrogens with one attached hydrogen (secondary N) is 2. The van der Waals surface area contributed by atoms with E-state index in [1.165, 1.54) is 0 Å². The average molecular weight is 210 g/mol. The van der Waals surface area contributed by atoms with Gasteiger partial charge in [-0.3, -0.25) is 4.79 Å². The van der Waals surface area contributed by atoms with Crippen LogP contribution in [-0.4, -0.2) is 25.5 Å². The van der Waals surface area contributed by atoms with Gasteiger partial charge in [0.05, 0.1) is 6.54 Å². The number of hydrogen-bond donors (Lipinski definition) is 2. The van der Waals surface area contributed by atoms with Crippen molar-refractivity contribution in [1.82, 2.24) is 10.6 Å². The van der Waals surface area contributed by atoms with Crippen molar-refractivity contribution >= 4 is 5.91 Å². The standard InChI is InChI=1S/C12H22N2O/c1-3-5-7-8-9-13-11-12(15)14-10-6-4-2/h1,13H,4-11H2,2H3,(H,14,15). The first kappa shape index (κ1) is 14.0. The third-order valence-electron chi connectivity index (χ3n) is 2.06. The Hall–Kier alpha value is -1.01. The summed E-state index contributed by atoms with van der Waals surface area (Å²) in [5, 5.41) is 5.94. The first-order valence-corrected chi connectivity index (χ1v) is 5.72. The highest BCUT2D eigenvalue weighted by molar-refractivity contribution is 5.77. The minimum absolute atomic E-state index is 0.0837. The van der Waals surface area contributed by atoms with E-state index < -0.39 is 0 Å². The van der Waals surface area contributed by atoms with Crippen LogP contribution in [0.2, 0.25) is 0 Å². The Morgan fingerprint density at radius 2 is 2.07 bits per heavy atom. The summed E-state index contributed by atoms with van der Waals surface area (Å²) < 4.78 is 0. The van der Waals surface area contributed by atoms with Crippen molar-refractivity contribution in [3.8, 4) is 12.3 Å². The molecule has 3 heteroatoms. The molecular formula is C12H22N2O. The zero-order valence-corrected chi connectivity index (χ0v) is 9.64. The molecule has 0 atom stereocenters. The third kappa shape index (κ3) is 10.9. The second-order valence-electron chi connectivity index (χ2n) is 3.54. The molecular weight excluding hydrogens is 188 g/mol. The van der Waals surface area contributed by atoms with Gasteiger partial charge in [0, 0.05) is 13.0 Å². The predicted molar refractivity (Wildman–Crippen MR) is 63.5 cm³/mol. The van der Waals surface area contributed by atoms with E-state index in [0.29, 0.717) is 6.54 Å². The molecule has 0 fully saturated rings. The molecule has 0 rings (SSSR count). The topological polar surface area (TPSA) is 41.1 Å². The largest absolute Gasteiger partial charge is 0.355 e. The Kier molecular flexibility index (Phi) is 10.3. The zero-order chi connectivity index (χ0) is 11.4. The third-order valence-corrected chi connectivity index (χ3v) is 2.06. The van der Waals surface area contributed by atoms with Gasteiger partial charge in [0.15, 0.2) is 0 Å². The number of amides is 1. The van der Waals surface area contributed by atoms with Gasteiger partial charge in [0.2, 0.25) is 5.91 Å². The van der Waals surface area contributed by atoms with Crippen LogP contribution in [0, 0.1) is 12.3 Å². The summed E-state index contributed by atoms with van der Waals surface area (Å²) in [4.78, 5) is 11.2. The summed E-state index contributed by atoms with van der Waals surface area (Å²) in [5.74, 6) is 2.68. The summed E-state index contributed by atoms with van der Waals surface area (Å²) in [6.45, 7) is 4.17. The molecule has 1 amide bonds. The first-order chi connectivity index (χ1) is 7.31. The van der Waals surface area contributed by atoms with Crippen molar-refractivity contribution in [2.24, 2.45) is 0 Å². The van der Waals surface area contributed by atoms with Gasteiger partial charge in [-0.2, -0.15) is 0 Å². The molecule has 0 aromatic carbocycles. The summed E-state index contributed by atoms with van der Waals surface area (Å²) >= 11 is 0. The van der Waals surface area contributed by atoms with Crippen LogP contribution in [0.3, 0.4) is 0 Å². The molecule has 0 saturated carbocycles. The lowest BCUT2D eigenvalue weighted by Crippen LogP contribution is -2.34. The highest BCUT2D eigenvalue weighted by Crippen LogP contribution is 1.90. The van der Waals surface area contributed by atoms with E-state index in [1.807, 2.05) is 0 Å². The van der Waals surface area contributed by atoms with Gasteiger partial charge in [0.1, 0.15) is 0 Å². The van der Waals surface area contributed by atoms with Crippen LogP contribution in [0.25, 0.3) is 0 Å². The quantitative estimate of drug-likeness (QED) is 0.445. The normalized spacial score (nSPS) is 9.60. The number of terminal acetylenes is 1. The number of carbonyl (C=O) groups is 1. The molecule has 0 spiro atoms. The van der Waals surface area contributed by atoms with Crippen LogP contribution in [0.15, 0.2) is 0 Å². The van der Waals surface area contributed by atoms with Gasteiger partial charge in [-0.1, -0.05) is 13.3 Å². The van der Waals surface area contributed by atoms with E-state index in [0.717, 1.165) is 45.2 Å². The second-order valence-corrected chi connectivity index (χ2v) is 3.54. The van der Waals surface area contributed by atoms with Crippen LogP contribution < -0.4 is 10.6 Å². The van der Waals surface area contributed by atoms with E-state index in [2.05, 4.69) is 23.5 Å². The maximum Gasteiger partial charge on any atom is 0.233 e. The molecule has 0 radical (unpaired) electrons. The molecule has 0 aliphatic heterocycles. The summed E-state index contributed by atoms with van der Waals surface area (Å²) in [7, 11) is 0. The maximum absolute atomic E-state index is 11.2. The Balaban J connectivity index is 3.14. The van der Waals surface area contributed by atoms with Crippen molar-refractivity contribution in [3.63, 3.8) is 0 Å². The summed E-state index contributed by atoms with van der Waals surface area (Å²) in [6, 6.07) is 0. The van der Waals surface area contributed by atoms with Crippen LogP contribution in [0.4, 0.5) is 0 Å². The van der Waals surface area contributed by atoms with Gasteiger partial charge >= 0.3 is 0 Å². The Labute approximate surface area is 93.0 Å². The van der Waals surface area contributed by atoms with Gasteiger partial charge in [-0.05, 0) is 25.8 Å². The minimum Gasteiger partial charge on any atom is -0.355 e. The monoisotopic (exact) mass is 210 g/mol. The first-order valence-electron chi connectivity index (χ1n) is 5.72. The predicted octanol–water partition coefficient (Wildman–Crippen LogP) is 1.30. The van der Waals surface area contributed by atoms with E-state index in [-0.39, 0.29) is 5.91 Å². The van der Waals surface area contributed by atoms with Gasteiger partial charge in [-0.25, -0.2) is 0 Å². The molecule has 0 aliphatic carbocycles. The van der Waals surface area contributed by atoms with E-state index >= 15 is 0 Å². The molecule has 3 nitrogen and oxygen atoms in total. The molecule has 0 aromatic rings. The Morgan fingerprint density at radius 3 is 2.73 bits per heavy atom. The van der Waals surface area contributed by atoms with Crippen molar-refractivity contribution in [2.45, 2.75) is 39.0 Å². The Bertz CT molecular complexity index is 196. The molecule has 0 saturated heterocycles. The highest BCUT2D eigenvalue weighted by Gasteiger charge is 1.98. The number of hydrogen-bond acceptors (Lipinski definition) is 2. The molecule has 2 N–H and O–H groups in total. The van der Waals surface area contributed by atoms with Crippen LogP contribution in [-0.2, 0) is 4.79 Å². The van der Waals surface area contributed by atoms with E-state index in [4.69, 9.17) is 6.42 Å². The van der Waals surface area contributed by atoms with Crippen molar-refractivity contribution in [3.05, 3.63) is 0 Å². The molecule has 0 unspecified atom stereocenters. The zero-order valence-electron chi connectivity index (χ0n) is 9.64. The number of unbranched alkanes of at least 4 members (excludes halogenated alkanes) is 3. The van der Waals surface area contributed by atoms with Crippen LogP contribution in [0.5, 0.6) is 0 Å². The highest BCUT2D eigenvalue weighted by atomic mass is 16.1. The fourth-order valence-electron chi connectivity index (χ4n) is 1.15. The van der Waals surface area contributed by atoms with Gasteiger partial charge < -0.3 is 10.6 Å². The fraction of sp³-hybridized carbons (Fsp3) is 0.750. The van der Waals surface area contributed by atoms with Crippen LogP contribution >= 0.6 is 0 Å².